The zero-order valence-electron chi connectivity index (χ0n) is 18.1. The molecule has 0 N–H and O–H groups in total. The van der Waals surface area contributed by atoms with Crippen molar-refractivity contribution >= 4 is 17.5 Å². The minimum absolute atomic E-state index is 0.0459. The number of benzene rings is 2. The molecule has 0 saturated carbocycles. The number of aryl methyl sites for hydroxylation is 1. The van der Waals surface area contributed by atoms with Crippen LogP contribution in [0.25, 0.3) is 5.69 Å². The minimum Gasteiger partial charge on any atom is -0.494 e. The second-order valence-corrected chi connectivity index (χ2v) is 8.25. The lowest BCUT2D eigenvalue weighted by atomic mass is 10.1. The minimum atomic E-state index is -0.0459. The highest BCUT2D eigenvalue weighted by molar-refractivity contribution is 6.31. The Morgan fingerprint density at radius 1 is 1.10 bits per heavy atom. The first-order valence-corrected chi connectivity index (χ1v) is 10.8. The van der Waals surface area contributed by atoms with Crippen LogP contribution in [0.15, 0.2) is 54.7 Å². The molecule has 162 valence electrons. The van der Waals surface area contributed by atoms with E-state index in [1.165, 1.54) is 0 Å². The van der Waals surface area contributed by atoms with E-state index in [1.54, 1.807) is 24.1 Å². The van der Waals surface area contributed by atoms with Gasteiger partial charge in [0.2, 0.25) is 0 Å². The van der Waals surface area contributed by atoms with Crippen molar-refractivity contribution in [1.29, 1.82) is 0 Å². The van der Waals surface area contributed by atoms with Gasteiger partial charge in [0, 0.05) is 43.4 Å². The third-order valence-electron chi connectivity index (χ3n) is 5.89. The van der Waals surface area contributed by atoms with E-state index in [2.05, 4.69) is 23.0 Å². The van der Waals surface area contributed by atoms with E-state index in [0.29, 0.717) is 18.8 Å². The Balaban J connectivity index is 1.43. The molecule has 7 heteroatoms. The van der Waals surface area contributed by atoms with Crippen LogP contribution in [0.2, 0.25) is 5.02 Å². The summed E-state index contributed by atoms with van der Waals surface area (Å²) in [6, 6.07) is 15.8. The molecular formula is C24H27ClN4O2. The number of hydrogen-bond acceptors (Lipinski definition) is 4. The number of methoxy groups -OCH3 is 1. The zero-order chi connectivity index (χ0) is 22.0. The Kier molecular flexibility index (Phi) is 6.30. The largest absolute Gasteiger partial charge is 0.494 e. The fraction of sp³-hybridized carbons (Fsp3) is 0.333. The number of aromatic nitrogens is 2. The van der Waals surface area contributed by atoms with Gasteiger partial charge in [0.05, 0.1) is 7.11 Å². The van der Waals surface area contributed by atoms with Crippen LogP contribution in [-0.2, 0) is 0 Å². The number of ether oxygens (including phenoxy) is 1. The first-order chi connectivity index (χ1) is 15.0. The maximum absolute atomic E-state index is 13.0. The second kappa shape index (κ2) is 9.12. The van der Waals surface area contributed by atoms with Crippen molar-refractivity contribution in [3.05, 3.63) is 76.6 Å². The number of amides is 1. The summed E-state index contributed by atoms with van der Waals surface area (Å²) in [6.45, 7) is 7.09. The van der Waals surface area contributed by atoms with Crippen molar-refractivity contribution < 1.29 is 9.53 Å². The van der Waals surface area contributed by atoms with E-state index >= 15 is 0 Å². The predicted octanol–water partition coefficient (Wildman–Crippen LogP) is 4.36. The molecule has 6 nitrogen and oxygen atoms in total. The van der Waals surface area contributed by atoms with Gasteiger partial charge < -0.3 is 9.64 Å². The lowest BCUT2D eigenvalue weighted by molar-refractivity contribution is 0.0576. The molecule has 1 saturated heterocycles. The Hall–Kier alpha value is -2.83. The van der Waals surface area contributed by atoms with Gasteiger partial charge >= 0.3 is 0 Å². The summed E-state index contributed by atoms with van der Waals surface area (Å²) in [5, 5.41) is 5.32. The molecule has 3 aromatic rings. The summed E-state index contributed by atoms with van der Waals surface area (Å²) in [7, 11) is 1.63. The van der Waals surface area contributed by atoms with Gasteiger partial charge in [0.15, 0.2) is 5.69 Å². The number of rotatable bonds is 5. The number of carbonyl (C=O) groups excluding carboxylic acids is 1. The van der Waals surface area contributed by atoms with Crippen LogP contribution >= 0.6 is 11.6 Å². The van der Waals surface area contributed by atoms with Crippen molar-refractivity contribution in [1.82, 2.24) is 19.6 Å². The van der Waals surface area contributed by atoms with E-state index in [4.69, 9.17) is 16.3 Å². The highest BCUT2D eigenvalue weighted by Gasteiger charge is 2.27. The predicted molar refractivity (Wildman–Crippen MR) is 122 cm³/mol. The topological polar surface area (TPSA) is 50.6 Å². The molecule has 0 radical (unpaired) electrons. The molecule has 0 bridgehead atoms. The van der Waals surface area contributed by atoms with Gasteiger partial charge in [0.1, 0.15) is 11.4 Å². The zero-order valence-corrected chi connectivity index (χ0v) is 18.8. The average molecular weight is 439 g/mol. The lowest BCUT2D eigenvalue weighted by Crippen LogP contribution is -2.49. The van der Waals surface area contributed by atoms with Crippen LogP contribution in [0, 0.1) is 6.92 Å². The average Bonchev–Trinajstić information content (AvgIpc) is 3.29. The summed E-state index contributed by atoms with van der Waals surface area (Å²) in [5.41, 5.74) is 3.48. The summed E-state index contributed by atoms with van der Waals surface area (Å²) < 4.78 is 7.15. The molecule has 1 unspecified atom stereocenters. The molecule has 1 aromatic heterocycles. The molecule has 2 aromatic carbocycles. The highest BCUT2D eigenvalue weighted by Crippen LogP contribution is 2.28. The molecular weight excluding hydrogens is 412 g/mol. The van der Waals surface area contributed by atoms with Crippen LogP contribution in [0.4, 0.5) is 0 Å². The molecule has 0 aliphatic carbocycles. The van der Waals surface area contributed by atoms with Crippen molar-refractivity contribution in [2.24, 2.45) is 0 Å². The Morgan fingerprint density at radius 2 is 1.84 bits per heavy atom. The van der Waals surface area contributed by atoms with Gasteiger partial charge in [-0.05, 0) is 49.2 Å². The SMILES string of the molecule is COc1ccc(C)cc1-n1ccc(C(=O)N2CCN(C(C)c3ccccc3Cl)CC2)n1. The number of nitrogens with zero attached hydrogens (tertiary/aromatic N) is 4. The fourth-order valence-electron chi connectivity index (χ4n) is 4.04. The van der Waals surface area contributed by atoms with E-state index in [9.17, 15) is 4.79 Å². The van der Waals surface area contributed by atoms with Crippen LogP contribution in [0.1, 0.15) is 34.6 Å². The molecule has 4 rings (SSSR count). The van der Waals surface area contributed by atoms with Crippen LogP contribution in [0.5, 0.6) is 5.75 Å². The third-order valence-corrected chi connectivity index (χ3v) is 6.24. The number of piperazine rings is 1. The summed E-state index contributed by atoms with van der Waals surface area (Å²) in [6.07, 6.45) is 1.81. The summed E-state index contributed by atoms with van der Waals surface area (Å²) >= 11 is 6.37. The van der Waals surface area contributed by atoms with Crippen molar-refractivity contribution in [3.8, 4) is 11.4 Å². The van der Waals surface area contributed by atoms with Crippen molar-refractivity contribution in [3.63, 3.8) is 0 Å². The number of halogens is 1. The van der Waals surface area contributed by atoms with Gasteiger partial charge in [-0.15, -0.1) is 0 Å². The van der Waals surface area contributed by atoms with Crippen LogP contribution < -0.4 is 4.74 Å². The van der Waals surface area contributed by atoms with Gasteiger partial charge in [-0.25, -0.2) is 4.68 Å². The Morgan fingerprint density at radius 3 is 2.55 bits per heavy atom. The molecule has 1 aliphatic rings. The quantitative estimate of drug-likeness (QED) is 0.593. The fourth-order valence-corrected chi connectivity index (χ4v) is 4.33. The molecule has 31 heavy (non-hydrogen) atoms. The van der Waals surface area contributed by atoms with Gasteiger partial charge in [0.25, 0.3) is 5.91 Å². The Bertz CT molecular complexity index is 1070. The van der Waals surface area contributed by atoms with E-state index in [1.807, 2.05) is 48.2 Å². The molecule has 1 fully saturated rings. The van der Waals surface area contributed by atoms with E-state index in [-0.39, 0.29) is 11.9 Å². The second-order valence-electron chi connectivity index (χ2n) is 7.85. The summed E-state index contributed by atoms with van der Waals surface area (Å²) in [4.78, 5) is 17.3. The maximum Gasteiger partial charge on any atom is 0.274 e. The molecule has 1 amide bonds. The van der Waals surface area contributed by atoms with Crippen molar-refractivity contribution in [2.75, 3.05) is 33.3 Å². The standard InChI is InChI=1S/C24H27ClN4O2/c1-17-8-9-23(31-3)22(16-17)29-11-10-21(26-29)24(30)28-14-12-27(13-15-28)18(2)19-6-4-5-7-20(19)25/h4-11,16,18H,12-15H2,1-3H3. The van der Waals surface area contributed by atoms with Gasteiger partial charge in [-0.1, -0.05) is 35.9 Å². The number of hydrogen-bond donors (Lipinski definition) is 0. The maximum atomic E-state index is 13.0. The molecule has 2 heterocycles. The first-order valence-electron chi connectivity index (χ1n) is 10.5. The summed E-state index contributed by atoms with van der Waals surface area (Å²) in [5.74, 6) is 0.672. The van der Waals surface area contributed by atoms with Crippen molar-refractivity contribution in [2.45, 2.75) is 19.9 Å². The lowest BCUT2D eigenvalue weighted by Gasteiger charge is -2.38. The molecule has 1 aliphatic heterocycles. The van der Waals surface area contributed by atoms with Gasteiger partial charge in [-0.2, -0.15) is 5.10 Å². The van der Waals surface area contributed by atoms with E-state index < -0.39 is 0 Å². The Labute approximate surface area is 188 Å². The highest BCUT2D eigenvalue weighted by atomic mass is 35.5. The number of carbonyl (C=O) groups is 1. The first kappa shape index (κ1) is 21.4. The molecule has 1 atom stereocenters. The smallest absolute Gasteiger partial charge is 0.274 e. The van der Waals surface area contributed by atoms with Gasteiger partial charge in [-0.3, -0.25) is 9.69 Å². The monoisotopic (exact) mass is 438 g/mol. The third kappa shape index (κ3) is 4.45. The van der Waals surface area contributed by atoms with E-state index in [0.717, 1.165) is 40.7 Å². The normalized spacial score (nSPS) is 15.7. The van der Waals surface area contributed by atoms with Crippen LogP contribution in [0.3, 0.4) is 0 Å². The molecule has 0 spiro atoms. The van der Waals surface area contributed by atoms with Crippen LogP contribution in [-0.4, -0.2) is 58.8 Å².